The number of fused-ring (bicyclic) bond motifs is 1. The molecule has 0 atom stereocenters. The number of hydrogen-bond donors (Lipinski definition) is 1. The van der Waals surface area contributed by atoms with Crippen molar-refractivity contribution in [1.82, 2.24) is 4.98 Å². The Hall–Kier alpha value is -3.27. The highest BCUT2D eigenvalue weighted by atomic mass is 35.5. The molecule has 0 unspecified atom stereocenters. The number of halogens is 1. The Bertz CT molecular complexity index is 1320. The van der Waals surface area contributed by atoms with E-state index < -0.39 is 4.92 Å². The van der Waals surface area contributed by atoms with Gasteiger partial charge in [-0.15, -0.1) is 11.3 Å². The van der Waals surface area contributed by atoms with Crippen LogP contribution in [0, 0.1) is 10.1 Å². The number of para-hydroxylation sites is 2. The maximum atomic E-state index is 12.3. The molecule has 0 radical (unpaired) electrons. The predicted octanol–water partition coefficient (Wildman–Crippen LogP) is 6.34. The van der Waals surface area contributed by atoms with Crippen molar-refractivity contribution < 1.29 is 9.72 Å². The molecule has 0 spiro atoms. The molecule has 0 aliphatic rings. The molecular weight excluding hydrogens is 468 g/mol. The van der Waals surface area contributed by atoms with Gasteiger partial charge >= 0.3 is 0 Å². The summed E-state index contributed by atoms with van der Waals surface area (Å²) in [6.45, 7) is 0. The van der Waals surface area contributed by atoms with Crippen LogP contribution in [0.1, 0.15) is 5.56 Å². The molecule has 160 valence electrons. The van der Waals surface area contributed by atoms with Crippen LogP contribution in [0.25, 0.3) is 10.2 Å². The number of amides is 1. The van der Waals surface area contributed by atoms with E-state index in [4.69, 9.17) is 11.6 Å². The first-order chi connectivity index (χ1) is 15.5. The number of nitrogens with zero attached hydrogens (tertiary/aromatic N) is 3. The lowest BCUT2D eigenvalue weighted by Gasteiger charge is -2.04. The Balaban J connectivity index is 1.40. The van der Waals surface area contributed by atoms with Gasteiger partial charge in [0.05, 0.1) is 26.6 Å². The van der Waals surface area contributed by atoms with Crippen LogP contribution in [0.2, 0.25) is 5.02 Å². The number of rotatable bonds is 7. The minimum Gasteiger partial charge on any atom is -0.320 e. The van der Waals surface area contributed by atoms with Gasteiger partial charge in [-0.2, -0.15) is 0 Å². The van der Waals surface area contributed by atoms with Gasteiger partial charge < -0.3 is 5.32 Å². The molecule has 0 aliphatic carbocycles. The third kappa shape index (κ3) is 5.50. The van der Waals surface area contributed by atoms with E-state index in [9.17, 15) is 14.9 Å². The molecule has 1 aromatic heterocycles. The second kappa shape index (κ2) is 9.90. The summed E-state index contributed by atoms with van der Waals surface area (Å²) in [4.78, 5) is 31.8. The fourth-order valence-corrected chi connectivity index (χ4v) is 4.81. The molecule has 7 nitrogen and oxygen atoms in total. The number of aromatic nitrogens is 1. The molecule has 1 heterocycles. The fourth-order valence-electron chi connectivity index (χ4n) is 2.78. The number of thiazole rings is 1. The number of nitro benzene ring substituents is 1. The van der Waals surface area contributed by atoms with E-state index in [-0.39, 0.29) is 23.0 Å². The van der Waals surface area contributed by atoms with Crippen molar-refractivity contribution in [2.24, 2.45) is 4.99 Å². The van der Waals surface area contributed by atoms with Crippen LogP contribution in [0.4, 0.5) is 17.1 Å². The standard InChI is InChI=1S/C22H15ClN4O3S2/c23-15-7-5-14(6-8-15)12-24-16-9-10-18-20(11-16)32-22(26-18)31-13-21(28)25-17-3-1-2-4-19(17)27(29)30/h1-12H,13H2,(H,25,28). The Morgan fingerprint density at radius 2 is 1.97 bits per heavy atom. The normalized spacial score (nSPS) is 11.2. The maximum Gasteiger partial charge on any atom is 0.292 e. The summed E-state index contributed by atoms with van der Waals surface area (Å²) in [6, 6.07) is 19.2. The van der Waals surface area contributed by atoms with Crippen LogP contribution in [0.3, 0.4) is 0 Å². The molecule has 0 saturated heterocycles. The van der Waals surface area contributed by atoms with E-state index in [2.05, 4.69) is 15.3 Å². The summed E-state index contributed by atoms with van der Waals surface area (Å²) in [5, 5.41) is 14.3. The van der Waals surface area contributed by atoms with E-state index in [0.29, 0.717) is 5.02 Å². The lowest BCUT2D eigenvalue weighted by molar-refractivity contribution is -0.383. The highest BCUT2D eigenvalue weighted by molar-refractivity contribution is 8.01. The van der Waals surface area contributed by atoms with Gasteiger partial charge in [-0.1, -0.05) is 47.6 Å². The zero-order valence-corrected chi connectivity index (χ0v) is 18.8. The second-order valence-electron chi connectivity index (χ2n) is 6.55. The first-order valence-corrected chi connectivity index (χ1v) is 11.5. The number of nitro groups is 1. The number of benzene rings is 3. The molecule has 0 fully saturated rings. The van der Waals surface area contributed by atoms with Gasteiger partial charge in [0, 0.05) is 17.3 Å². The third-order valence-corrected chi connectivity index (χ3v) is 6.70. The van der Waals surface area contributed by atoms with E-state index in [1.807, 2.05) is 42.5 Å². The maximum absolute atomic E-state index is 12.3. The lowest BCUT2D eigenvalue weighted by atomic mass is 10.2. The number of anilines is 1. The minimum atomic E-state index is -0.524. The summed E-state index contributed by atoms with van der Waals surface area (Å²) >= 11 is 8.64. The van der Waals surface area contributed by atoms with Crippen LogP contribution >= 0.6 is 34.7 Å². The zero-order chi connectivity index (χ0) is 22.5. The van der Waals surface area contributed by atoms with Gasteiger partial charge in [0.1, 0.15) is 5.69 Å². The number of carbonyl (C=O) groups excluding carboxylic acids is 1. The first kappa shape index (κ1) is 21.9. The Labute approximate surface area is 196 Å². The molecule has 32 heavy (non-hydrogen) atoms. The van der Waals surface area contributed by atoms with Gasteiger partial charge in [-0.05, 0) is 42.0 Å². The Morgan fingerprint density at radius 1 is 1.19 bits per heavy atom. The van der Waals surface area contributed by atoms with Crippen molar-refractivity contribution in [1.29, 1.82) is 0 Å². The summed E-state index contributed by atoms with van der Waals surface area (Å²) in [5.74, 6) is -0.246. The number of thioether (sulfide) groups is 1. The van der Waals surface area contributed by atoms with Gasteiger partial charge in [0.15, 0.2) is 4.34 Å². The molecule has 0 aliphatic heterocycles. The molecule has 3 aromatic carbocycles. The van der Waals surface area contributed by atoms with Crippen molar-refractivity contribution in [3.8, 4) is 0 Å². The van der Waals surface area contributed by atoms with Crippen molar-refractivity contribution >= 4 is 74.1 Å². The molecule has 1 amide bonds. The number of nitrogens with one attached hydrogen (secondary N) is 1. The van der Waals surface area contributed by atoms with Gasteiger partial charge in [0.25, 0.3) is 5.69 Å². The summed E-state index contributed by atoms with van der Waals surface area (Å²) < 4.78 is 1.69. The summed E-state index contributed by atoms with van der Waals surface area (Å²) in [7, 11) is 0. The van der Waals surface area contributed by atoms with Crippen molar-refractivity contribution in [2.45, 2.75) is 4.34 Å². The van der Waals surface area contributed by atoms with Crippen LogP contribution in [0.5, 0.6) is 0 Å². The Kier molecular flexibility index (Phi) is 6.79. The van der Waals surface area contributed by atoms with Crippen LogP contribution < -0.4 is 5.32 Å². The number of aliphatic imine (C=N–C) groups is 1. The third-order valence-electron chi connectivity index (χ3n) is 4.29. The smallest absolute Gasteiger partial charge is 0.292 e. The van der Waals surface area contributed by atoms with Gasteiger partial charge in [-0.3, -0.25) is 19.9 Å². The van der Waals surface area contributed by atoms with E-state index in [1.54, 1.807) is 18.3 Å². The molecule has 10 heteroatoms. The van der Waals surface area contributed by atoms with E-state index in [1.165, 1.54) is 35.2 Å². The summed E-state index contributed by atoms with van der Waals surface area (Å²) in [5.41, 5.74) is 2.59. The van der Waals surface area contributed by atoms with Crippen LogP contribution in [-0.2, 0) is 4.79 Å². The van der Waals surface area contributed by atoms with E-state index in [0.717, 1.165) is 25.8 Å². The van der Waals surface area contributed by atoms with Crippen LogP contribution in [0.15, 0.2) is 76.1 Å². The fraction of sp³-hybridized carbons (Fsp3) is 0.0455. The SMILES string of the molecule is O=C(CSc1nc2ccc(N=Cc3ccc(Cl)cc3)cc2s1)Nc1ccccc1[N+](=O)[O-]. The highest BCUT2D eigenvalue weighted by Crippen LogP contribution is 2.32. The largest absolute Gasteiger partial charge is 0.320 e. The quantitative estimate of drug-likeness (QED) is 0.143. The van der Waals surface area contributed by atoms with E-state index >= 15 is 0 Å². The molecular formula is C22H15ClN4O3S2. The van der Waals surface area contributed by atoms with Crippen molar-refractivity contribution in [3.05, 3.63) is 87.4 Å². The van der Waals surface area contributed by atoms with Crippen LogP contribution in [-0.4, -0.2) is 27.8 Å². The monoisotopic (exact) mass is 482 g/mol. The molecule has 4 rings (SSSR count). The molecule has 0 bridgehead atoms. The van der Waals surface area contributed by atoms with Gasteiger partial charge in [-0.25, -0.2) is 4.98 Å². The first-order valence-electron chi connectivity index (χ1n) is 9.34. The average molecular weight is 483 g/mol. The minimum absolute atomic E-state index is 0.0907. The highest BCUT2D eigenvalue weighted by Gasteiger charge is 2.15. The molecule has 4 aromatic rings. The lowest BCUT2D eigenvalue weighted by Crippen LogP contribution is -2.15. The zero-order valence-electron chi connectivity index (χ0n) is 16.4. The van der Waals surface area contributed by atoms with Gasteiger partial charge in [0.2, 0.25) is 5.91 Å². The summed E-state index contributed by atoms with van der Waals surface area (Å²) in [6.07, 6.45) is 1.77. The van der Waals surface area contributed by atoms with Crippen molar-refractivity contribution in [3.63, 3.8) is 0 Å². The number of carbonyl (C=O) groups is 1. The molecule has 1 N–H and O–H groups in total. The average Bonchev–Trinajstić information content (AvgIpc) is 3.20. The predicted molar refractivity (Wildman–Crippen MR) is 131 cm³/mol. The topological polar surface area (TPSA) is 97.5 Å². The second-order valence-corrected chi connectivity index (χ2v) is 9.24. The molecule has 0 saturated carbocycles. The van der Waals surface area contributed by atoms with Crippen molar-refractivity contribution in [2.75, 3.05) is 11.1 Å². The number of hydrogen-bond acceptors (Lipinski definition) is 7. The Morgan fingerprint density at radius 3 is 2.75 bits per heavy atom.